The average Bonchev–Trinajstić information content (AvgIpc) is 0.779. The molecule has 1 saturated carbocycles. The van der Waals surface area contributed by atoms with Gasteiger partial charge in [0.2, 0.25) is 6.79 Å². The molecular formula is C71H80N8O14S. The number of aryl methyl sites for hydroxylation is 3. The summed E-state index contributed by atoms with van der Waals surface area (Å²) in [5, 5.41) is 46.8. The number of nitrogens with one attached hydrogen (secondary N) is 3. The molecule has 7 atom stereocenters. The Morgan fingerprint density at radius 2 is 1.64 bits per heavy atom. The van der Waals surface area contributed by atoms with Gasteiger partial charge in [0.25, 0.3) is 11.5 Å². The number of carbonyl (C=O) groups excluding carboxylic acids is 3. The number of benzene rings is 5. The molecule has 7 unspecified atom stereocenters. The van der Waals surface area contributed by atoms with Crippen molar-refractivity contribution in [1.82, 2.24) is 40.1 Å². The van der Waals surface area contributed by atoms with Crippen molar-refractivity contribution in [3.05, 3.63) is 150 Å². The number of H-pyrrole nitrogens is 1. The molecule has 3 saturated heterocycles. The number of ether oxygens (including phenoxy) is 7. The fourth-order valence-electron chi connectivity index (χ4n) is 16.1. The summed E-state index contributed by atoms with van der Waals surface area (Å²) in [7, 11) is 4.96. The number of phenols is 2. The number of carbonyl (C=O) groups is 3. The minimum Gasteiger partial charge on any atom is -0.504 e. The quantitative estimate of drug-likeness (QED) is 0.0556. The Morgan fingerprint density at radius 3 is 2.37 bits per heavy atom. The molecule has 94 heavy (non-hydrogen) atoms. The third kappa shape index (κ3) is 10.8. The van der Waals surface area contributed by atoms with Crippen LogP contribution in [-0.4, -0.2) is 154 Å². The number of thioether (sulfide) groups is 1. The predicted octanol–water partition coefficient (Wildman–Crippen LogP) is 8.30. The van der Waals surface area contributed by atoms with Gasteiger partial charge in [-0.15, -0.1) is 11.8 Å². The SMILES string of the molecule is COc1cc2c(cc1O)CCNC21CSC2c3c(OC(C)=O)c(C)c4c(c3C(COC1=O)N1C(O)C3Cc5cc(C)c(OC)c(O)c5C(C21)N3C)OCO4.Cc1cc(C)c(CNC(=O)c2cc(-c3ccc(CN4CCOCC4)cc3)cc3c2cnn3C2CCCC2)c(=O)[nH]1. The lowest BCUT2D eigenvalue weighted by molar-refractivity contribution is -0.186. The standard InChI is InChI=1S/C39H43N3O11S.C32H37N5O3/c1-16-9-20-10-22-37(46)42-23-13-50-38(47)39(21-12-25(48-5)24(44)11-19(21)7-8-40-39)14-54-36(30(42)29(41(22)4)26(20)31(45)32(16)49-6)28-27(23)35-34(51-15-52-35)17(2)33(28)53-18(3)43;1-21-15-22(2)35-32(39)28(21)18-33-31(38)27-16-25(17-30-29(27)19-34-37(30)26-5-3-4-6-26)24-9-7-23(8-10-24)20-36-11-13-40-14-12-36/h9,11-12,22-23,29-30,36-37,40,44-46H,7-8,10,13-15H2,1-6H3;7-10,15-17,19,26H,3-6,11-14,18,20H2,1-2H3,(H,33,38)(H,35,39). The van der Waals surface area contributed by atoms with Gasteiger partial charge in [-0.25, -0.2) is 4.79 Å². The van der Waals surface area contributed by atoms with Crippen LogP contribution in [0.2, 0.25) is 0 Å². The molecule has 494 valence electrons. The molecule has 7 aromatic rings. The lowest BCUT2D eigenvalue weighted by Crippen LogP contribution is -2.70. The molecule has 4 fully saturated rings. The summed E-state index contributed by atoms with van der Waals surface area (Å²) in [5.41, 5.74) is 11.3. The zero-order valence-electron chi connectivity index (χ0n) is 54.2. The largest absolute Gasteiger partial charge is 0.504 e. The molecule has 0 radical (unpaired) electrons. The van der Waals surface area contributed by atoms with Crippen molar-refractivity contribution < 1.29 is 62.9 Å². The van der Waals surface area contributed by atoms with Crippen molar-refractivity contribution in [2.45, 2.75) is 133 Å². The van der Waals surface area contributed by atoms with Crippen LogP contribution in [0.3, 0.4) is 0 Å². The van der Waals surface area contributed by atoms with E-state index in [4.69, 9.17) is 38.3 Å². The maximum atomic E-state index is 14.7. The van der Waals surface area contributed by atoms with Gasteiger partial charge in [0.05, 0.1) is 74.1 Å². The smallest absolute Gasteiger partial charge is 0.331 e. The fraction of sp³-hybridized carbons (Fsp3) is 0.451. The van der Waals surface area contributed by atoms with E-state index in [1.165, 1.54) is 51.3 Å². The maximum Gasteiger partial charge on any atom is 0.331 e. The molecule has 1 amide bonds. The van der Waals surface area contributed by atoms with Crippen molar-refractivity contribution in [2.75, 3.05) is 73.3 Å². The minimum atomic E-state index is -1.36. The summed E-state index contributed by atoms with van der Waals surface area (Å²) in [6, 6.07) is 18.2. The van der Waals surface area contributed by atoms with Gasteiger partial charge in [0, 0.05) is 90.3 Å². The van der Waals surface area contributed by atoms with Crippen LogP contribution in [0.4, 0.5) is 0 Å². The van der Waals surface area contributed by atoms with E-state index in [1.54, 1.807) is 12.1 Å². The van der Waals surface area contributed by atoms with E-state index in [1.807, 2.05) is 64.0 Å². The molecule has 5 aromatic carbocycles. The Kier molecular flexibility index (Phi) is 17.0. The van der Waals surface area contributed by atoms with E-state index >= 15 is 0 Å². The molecule has 6 N–H and O–H groups in total. The van der Waals surface area contributed by atoms with Crippen LogP contribution in [0.5, 0.6) is 40.2 Å². The van der Waals surface area contributed by atoms with E-state index in [0.29, 0.717) is 87.4 Å². The second kappa shape index (κ2) is 25.2. The number of hydrogen-bond donors (Lipinski definition) is 6. The lowest BCUT2D eigenvalue weighted by Gasteiger charge is -2.62. The van der Waals surface area contributed by atoms with Gasteiger partial charge in [-0.1, -0.05) is 43.2 Å². The molecule has 1 aliphatic carbocycles. The molecule has 16 rings (SSSR count). The van der Waals surface area contributed by atoms with Crippen molar-refractivity contribution in [3.8, 4) is 51.4 Å². The summed E-state index contributed by atoms with van der Waals surface area (Å²) in [5.74, 6) is 0.742. The van der Waals surface area contributed by atoms with Crippen LogP contribution >= 0.6 is 11.8 Å². The number of morpholine rings is 1. The number of aromatic nitrogens is 3. The predicted molar refractivity (Wildman–Crippen MR) is 351 cm³/mol. The molecule has 23 heteroatoms. The van der Waals surface area contributed by atoms with Gasteiger partial charge >= 0.3 is 11.9 Å². The molecule has 9 aliphatic rings. The molecule has 4 bridgehead atoms. The number of rotatable bonds is 10. The number of aromatic amines is 1. The number of aromatic hydroxyl groups is 2. The first kappa shape index (κ1) is 63.2. The number of phenolic OH excluding ortho intramolecular Hbond substituents is 2. The molecule has 10 heterocycles. The van der Waals surface area contributed by atoms with Crippen molar-refractivity contribution in [3.63, 3.8) is 0 Å². The Labute approximate surface area is 548 Å². The van der Waals surface area contributed by atoms with Gasteiger partial charge in [-0.05, 0) is 135 Å². The van der Waals surface area contributed by atoms with Gasteiger partial charge in [0.15, 0.2) is 40.0 Å². The summed E-state index contributed by atoms with van der Waals surface area (Å²) >= 11 is 1.47. The van der Waals surface area contributed by atoms with Crippen LogP contribution in [-0.2, 0) is 50.5 Å². The first-order valence-electron chi connectivity index (χ1n) is 32.4. The maximum absolute atomic E-state index is 14.7. The molecule has 1 spiro atoms. The number of likely N-dealkylation sites (N-methyl/N-ethyl adjacent to an activating group) is 1. The highest BCUT2D eigenvalue weighted by atomic mass is 32.2. The van der Waals surface area contributed by atoms with Crippen molar-refractivity contribution >= 4 is 40.5 Å². The fourth-order valence-corrected chi connectivity index (χ4v) is 17.8. The monoisotopic (exact) mass is 1300 g/mol. The first-order chi connectivity index (χ1) is 45.4. The van der Waals surface area contributed by atoms with Crippen LogP contribution in [0, 0.1) is 27.7 Å². The second-order valence-corrected chi connectivity index (χ2v) is 27.3. The Bertz CT molecular complexity index is 4240. The molecule has 2 aromatic heterocycles. The van der Waals surface area contributed by atoms with Crippen molar-refractivity contribution in [1.29, 1.82) is 0 Å². The Morgan fingerprint density at radius 1 is 0.872 bits per heavy atom. The highest BCUT2D eigenvalue weighted by molar-refractivity contribution is 7.99. The number of esters is 2. The summed E-state index contributed by atoms with van der Waals surface area (Å²) in [6.07, 6.45) is 6.41. The third-order valence-electron chi connectivity index (χ3n) is 20.6. The number of fused-ring (bicyclic) bond motifs is 10. The number of hydrogen-bond acceptors (Lipinski definition) is 20. The zero-order valence-corrected chi connectivity index (χ0v) is 55.0. The van der Waals surface area contributed by atoms with Crippen LogP contribution in [0.1, 0.15) is 133 Å². The number of methoxy groups -OCH3 is 2. The minimum absolute atomic E-state index is 0.0226. The van der Waals surface area contributed by atoms with E-state index in [0.717, 1.165) is 95.7 Å². The summed E-state index contributed by atoms with van der Waals surface area (Å²) in [4.78, 5) is 63.1. The molecule has 8 aliphatic heterocycles. The number of nitrogens with zero attached hydrogens (tertiary/aromatic N) is 5. The first-order valence-corrected chi connectivity index (χ1v) is 33.5. The van der Waals surface area contributed by atoms with E-state index < -0.39 is 47.1 Å². The Balaban J connectivity index is 0.000000170. The number of amides is 1. The van der Waals surface area contributed by atoms with Gasteiger partial charge < -0.3 is 58.8 Å². The van der Waals surface area contributed by atoms with Crippen LogP contribution in [0.15, 0.2) is 71.7 Å². The zero-order chi connectivity index (χ0) is 65.6. The lowest BCUT2D eigenvalue weighted by atomic mass is 9.73. The van der Waals surface area contributed by atoms with E-state index in [2.05, 4.69) is 60.4 Å². The number of aliphatic hydroxyl groups is 1. The van der Waals surface area contributed by atoms with E-state index in [9.17, 15) is 34.5 Å². The van der Waals surface area contributed by atoms with Crippen LogP contribution < -0.4 is 39.9 Å². The summed E-state index contributed by atoms with van der Waals surface area (Å²) < 4.78 is 43.5. The highest BCUT2D eigenvalue weighted by Gasteiger charge is 2.61. The Hall–Kier alpha value is -8.16. The van der Waals surface area contributed by atoms with Gasteiger partial charge in [-0.2, -0.15) is 5.10 Å². The van der Waals surface area contributed by atoms with Crippen LogP contribution in [0.25, 0.3) is 22.0 Å². The summed E-state index contributed by atoms with van der Waals surface area (Å²) in [6.45, 7) is 13.6. The molecular weight excluding hydrogens is 1220 g/mol. The van der Waals surface area contributed by atoms with E-state index in [-0.39, 0.29) is 60.5 Å². The average molecular weight is 1300 g/mol. The number of pyridine rings is 1. The molecule has 22 nitrogen and oxygen atoms in total. The number of piperazine rings is 1. The second-order valence-electron chi connectivity index (χ2n) is 26.1. The third-order valence-corrected chi connectivity index (χ3v) is 22.1. The normalized spacial score (nSPS) is 23.9. The van der Waals surface area contributed by atoms with Gasteiger partial charge in [-0.3, -0.25) is 39.1 Å². The van der Waals surface area contributed by atoms with Gasteiger partial charge in [0.1, 0.15) is 18.6 Å². The highest BCUT2D eigenvalue weighted by Crippen LogP contribution is 2.65. The topological polar surface area (TPSA) is 261 Å². The number of aliphatic hydroxyl groups excluding tert-OH is 1. The van der Waals surface area contributed by atoms with Crippen molar-refractivity contribution in [2.24, 2.45) is 0 Å².